The van der Waals surface area contributed by atoms with Gasteiger partial charge >= 0.3 is 0 Å². The fourth-order valence-corrected chi connectivity index (χ4v) is 1.73. The van der Waals surface area contributed by atoms with E-state index >= 15 is 0 Å². The van der Waals surface area contributed by atoms with Gasteiger partial charge in [-0.25, -0.2) is 0 Å². The summed E-state index contributed by atoms with van der Waals surface area (Å²) >= 11 is 0. The van der Waals surface area contributed by atoms with Crippen LogP contribution in [0.2, 0.25) is 0 Å². The molecule has 0 saturated carbocycles. The Kier molecular flexibility index (Phi) is 3.50. The molecule has 1 saturated heterocycles. The molecule has 1 unspecified atom stereocenters. The number of rotatable bonds is 2. The summed E-state index contributed by atoms with van der Waals surface area (Å²) in [6, 6.07) is 0.485. The Hall–Kier alpha value is -0.120. The van der Waals surface area contributed by atoms with Crippen LogP contribution in [0, 0.1) is 0 Å². The molecular weight excluding hydrogens is 152 g/mol. The summed E-state index contributed by atoms with van der Waals surface area (Å²) in [5.74, 6) is 0. The summed E-state index contributed by atoms with van der Waals surface area (Å²) < 4.78 is 5.63. The second kappa shape index (κ2) is 4.21. The van der Waals surface area contributed by atoms with Crippen LogP contribution in [0.15, 0.2) is 0 Å². The number of morpholine rings is 1. The highest BCUT2D eigenvalue weighted by molar-refractivity contribution is 4.77. The van der Waals surface area contributed by atoms with Gasteiger partial charge in [0.25, 0.3) is 0 Å². The second-order valence-electron chi connectivity index (χ2n) is 3.80. The molecule has 0 aromatic heterocycles. The highest BCUT2D eigenvalue weighted by Crippen LogP contribution is 2.12. The summed E-state index contributed by atoms with van der Waals surface area (Å²) in [5, 5.41) is 0. The van der Waals surface area contributed by atoms with Gasteiger partial charge in [0.05, 0.1) is 12.2 Å². The van der Waals surface area contributed by atoms with Gasteiger partial charge in [0, 0.05) is 25.7 Å². The van der Waals surface area contributed by atoms with Gasteiger partial charge in [-0.05, 0) is 20.8 Å². The Labute approximate surface area is 74.9 Å². The summed E-state index contributed by atoms with van der Waals surface area (Å²) in [5.41, 5.74) is 5.61. The lowest BCUT2D eigenvalue weighted by Crippen LogP contribution is -2.51. The predicted molar refractivity (Wildman–Crippen MR) is 50.1 cm³/mol. The minimum Gasteiger partial charge on any atom is -0.373 e. The molecule has 2 N–H and O–H groups in total. The van der Waals surface area contributed by atoms with Crippen LogP contribution in [0.1, 0.15) is 20.8 Å². The van der Waals surface area contributed by atoms with Gasteiger partial charge in [-0.1, -0.05) is 0 Å². The summed E-state index contributed by atoms with van der Waals surface area (Å²) in [4.78, 5) is 2.40. The van der Waals surface area contributed by atoms with E-state index < -0.39 is 0 Å². The molecule has 72 valence electrons. The molecule has 1 aliphatic heterocycles. The molecular formula is C9H20N2O. The quantitative estimate of drug-likeness (QED) is 0.657. The zero-order valence-corrected chi connectivity index (χ0v) is 8.29. The van der Waals surface area contributed by atoms with E-state index in [0.717, 1.165) is 19.6 Å². The van der Waals surface area contributed by atoms with Crippen molar-refractivity contribution in [2.75, 3.05) is 19.6 Å². The van der Waals surface area contributed by atoms with Gasteiger partial charge in [0.1, 0.15) is 0 Å². The average molecular weight is 172 g/mol. The minimum atomic E-state index is 0.350. The number of hydrogen-bond acceptors (Lipinski definition) is 3. The van der Waals surface area contributed by atoms with Crippen LogP contribution < -0.4 is 5.73 Å². The van der Waals surface area contributed by atoms with Crippen LogP contribution in [0.3, 0.4) is 0 Å². The van der Waals surface area contributed by atoms with Gasteiger partial charge in [-0.15, -0.1) is 0 Å². The summed E-state index contributed by atoms with van der Waals surface area (Å²) in [6.07, 6.45) is 0.700. The van der Waals surface area contributed by atoms with Crippen LogP contribution in [-0.4, -0.2) is 42.8 Å². The normalized spacial score (nSPS) is 35.0. The maximum atomic E-state index is 5.63. The lowest BCUT2D eigenvalue weighted by molar-refractivity contribution is -0.0773. The van der Waals surface area contributed by atoms with Crippen molar-refractivity contribution in [2.24, 2.45) is 5.73 Å². The van der Waals surface area contributed by atoms with E-state index in [0.29, 0.717) is 18.2 Å². The van der Waals surface area contributed by atoms with E-state index in [-0.39, 0.29) is 0 Å². The van der Waals surface area contributed by atoms with E-state index in [1.54, 1.807) is 0 Å². The van der Waals surface area contributed by atoms with Crippen LogP contribution in [-0.2, 0) is 4.74 Å². The molecule has 3 atom stereocenters. The molecule has 0 radical (unpaired) electrons. The first-order chi connectivity index (χ1) is 5.63. The Morgan fingerprint density at radius 1 is 1.42 bits per heavy atom. The van der Waals surface area contributed by atoms with Crippen LogP contribution in [0.25, 0.3) is 0 Å². The summed E-state index contributed by atoms with van der Waals surface area (Å²) in [7, 11) is 0. The van der Waals surface area contributed by atoms with E-state index in [9.17, 15) is 0 Å². The third kappa shape index (κ3) is 2.44. The maximum Gasteiger partial charge on any atom is 0.0678 e. The van der Waals surface area contributed by atoms with E-state index in [1.165, 1.54) is 0 Å². The van der Waals surface area contributed by atoms with Crippen LogP contribution in [0.5, 0.6) is 0 Å². The van der Waals surface area contributed by atoms with E-state index in [2.05, 4.69) is 25.7 Å². The van der Waals surface area contributed by atoms with Crippen LogP contribution in [0.4, 0.5) is 0 Å². The van der Waals surface area contributed by atoms with Gasteiger partial charge < -0.3 is 10.5 Å². The first-order valence-electron chi connectivity index (χ1n) is 4.73. The Balaban J connectivity index is 2.43. The summed E-state index contributed by atoms with van der Waals surface area (Å²) in [6.45, 7) is 9.17. The molecule has 0 amide bonds. The molecule has 1 aliphatic rings. The molecule has 3 heteroatoms. The highest BCUT2D eigenvalue weighted by Gasteiger charge is 2.24. The monoisotopic (exact) mass is 172 g/mol. The minimum absolute atomic E-state index is 0.350. The highest BCUT2D eigenvalue weighted by atomic mass is 16.5. The number of nitrogens with zero attached hydrogens (tertiary/aromatic N) is 1. The lowest BCUT2D eigenvalue weighted by atomic mass is 10.2. The van der Waals surface area contributed by atoms with Crippen molar-refractivity contribution in [3.8, 4) is 0 Å². The molecule has 0 aromatic rings. The third-order valence-electron chi connectivity index (χ3n) is 2.41. The van der Waals surface area contributed by atoms with Gasteiger partial charge in [-0.2, -0.15) is 0 Å². The van der Waals surface area contributed by atoms with Crippen molar-refractivity contribution in [3.63, 3.8) is 0 Å². The molecule has 3 nitrogen and oxygen atoms in total. The maximum absolute atomic E-state index is 5.63. The molecule has 1 rings (SSSR count). The molecule has 0 aliphatic carbocycles. The Morgan fingerprint density at radius 2 is 1.92 bits per heavy atom. The Morgan fingerprint density at radius 3 is 2.33 bits per heavy atom. The molecule has 0 spiro atoms. The first kappa shape index (κ1) is 9.96. The topological polar surface area (TPSA) is 38.5 Å². The van der Waals surface area contributed by atoms with E-state index in [4.69, 9.17) is 10.5 Å². The number of ether oxygens (including phenoxy) is 1. The average Bonchev–Trinajstić information content (AvgIpc) is 2.01. The predicted octanol–water partition coefficient (Wildman–Crippen LogP) is 0.443. The van der Waals surface area contributed by atoms with Crippen molar-refractivity contribution in [3.05, 3.63) is 0 Å². The van der Waals surface area contributed by atoms with Gasteiger partial charge in [-0.3, -0.25) is 4.90 Å². The fourth-order valence-electron chi connectivity index (χ4n) is 1.73. The van der Waals surface area contributed by atoms with Crippen molar-refractivity contribution in [1.29, 1.82) is 0 Å². The van der Waals surface area contributed by atoms with Crippen molar-refractivity contribution >= 4 is 0 Å². The van der Waals surface area contributed by atoms with Crippen molar-refractivity contribution in [1.82, 2.24) is 4.90 Å². The Bertz CT molecular complexity index is 130. The van der Waals surface area contributed by atoms with Crippen molar-refractivity contribution < 1.29 is 4.74 Å². The number of nitrogens with two attached hydrogens (primary N) is 1. The first-order valence-corrected chi connectivity index (χ1v) is 4.73. The van der Waals surface area contributed by atoms with Gasteiger partial charge in [0.15, 0.2) is 0 Å². The van der Waals surface area contributed by atoms with Crippen LogP contribution >= 0.6 is 0 Å². The van der Waals surface area contributed by atoms with E-state index in [1.807, 2.05) is 0 Å². The standard InChI is InChI=1S/C9H20N2O/c1-7(4-10)11-5-8(2)12-9(3)6-11/h7-9H,4-6,10H2,1-3H3/t7?,8-,9+. The van der Waals surface area contributed by atoms with Crippen molar-refractivity contribution in [2.45, 2.75) is 39.0 Å². The molecule has 1 heterocycles. The van der Waals surface area contributed by atoms with Gasteiger partial charge in [0.2, 0.25) is 0 Å². The largest absolute Gasteiger partial charge is 0.373 e. The zero-order chi connectivity index (χ0) is 9.14. The molecule has 0 bridgehead atoms. The molecule has 0 aromatic carbocycles. The number of hydrogen-bond donors (Lipinski definition) is 1. The smallest absolute Gasteiger partial charge is 0.0678 e. The second-order valence-corrected chi connectivity index (χ2v) is 3.80. The lowest BCUT2D eigenvalue weighted by Gasteiger charge is -2.38. The molecule has 1 fully saturated rings. The zero-order valence-electron chi connectivity index (χ0n) is 8.29. The fraction of sp³-hybridized carbons (Fsp3) is 1.00. The molecule has 12 heavy (non-hydrogen) atoms. The third-order valence-corrected chi connectivity index (χ3v) is 2.41. The SMILES string of the molecule is CC(CN)N1C[C@@H](C)O[C@@H](C)C1.